The molecule has 0 amide bonds. The number of fused-ring (bicyclic) bond motifs is 1. The van der Waals surface area contributed by atoms with Gasteiger partial charge in [-0.05, 0) is 36.0 Å². The average molecular weight is 229 g/mol. The quantitative estimate of drug-likeness (QED) is 0.827. The highest BCUT2D eigenvalue weighted by atomic mass is 14.9. The summed E-state index contributed by atoms with van der Waals surface area (Å²) in [4.78, 5) is 0. The molecule has 2 rings (SSSR count). The predicted molar refractivity (Wildman–Crippen MR) is 75.2 cm³/mol. The van der Waals surface area contributed by atoms with E-state index in [1.807, 2.05) is 0 Å². The second kappa shape index (κ2) is 5.05. The number of nitrogens with one attached hydrogen (secondary N) is 1. The molecule has 2 unspecified atom stereocenters. The van der Waals surface area contributed by atoms with E-state index in [9.17, 15) is 0 Å². The number of hydrogen-bond acceptors (Lipinski definition) is 1. The van der Waals surface area contributed by atoms with E-state index in [-0.39, 0.29) is 0 Å². The molecule has 1 nitrogen and oxygen atoms in total. The van der Waals surface area contributed by atoms with Crippen molar-refractivity contribution in [3.8, 4) is 0 Å². The molecule has 17 heavy (non-hydrogen) atoms. The zero-order valence-electron chi connectivity index (χ0n) is 11.3. The monoisotopic (exact) mass is 229 g/mol. The third-order valence-electron chi connectivity index (χ3n) is 3.54. The van der Waals surface area contributed by atoms with Crippen LogP contribution in [-0.4, -0.2) is 12.1 Å². The van der Waals surface area contributed by atoms with Gasteiger partial charge in [-0.3, -0.25) is 0 Å². The number of hydrogen-bond donors (Lipinski definition) is 1. The summed E-state index contributed by atoms with van der Waals surface area (Å²) in [6, 6.07) is 9.79. The van der Waals surface area contributed by atoms with E-state index in [2.05, 4.69) is 63.4 Å². The molecule has 1 aromatic rings. The molecule has 0 radical (unpaired) electrons. The number of allylic oxidation sites excluding steroid dienone is 1. The maximum Gasteiger partial charge on any atom is 0.0296 e. The van der Waals surface area contributed by atoms with Gasteiger partial charge in [-0.1, -0.05) is 51.1 Å². The van der Waals surface area contributed by atoms with Crippen molar-refractivity contribution in [2.75, 3.05) is 0 Å². The van der Waals surface area contributed by atoms with E-state index >= 15 is 0 Å². The van der Waals surface area contributed by atoms with Gasteiger partial charge in [0.15, 0.2) is 0 Å². The van der Waals surface area contributed by atoms with Gasteiger partial charge in [-0.2, -0.15) is 0 Å². The molecule has 0 saturated carbocycles. The van der Waals surface area contributed by atoms with Crippen LogP contribution in [0.4, 0.5) is 0 Å². The third-order valence-corrected chi connectivity index (χ3v) is 3.54. The Kier molecular flexibility index (Phi) is 3.68. The van der Waals surface area contributed by atoms with Crippen molar-refractivity contribution in [3.63, 3.8) is 0 Å². The third kappa shape index (κ3) is 2.61. The molecule has 92 valence electrons. The average Bonchev–Trinajstić information content (AvgIpc) is 2.29. The van der Waals surface area contributed by atoms with Crippen LogP contribution in [0.2, 0.25) is 0 Å². The van der Waals surface area contributed by atoms with Gasteiger partial charge in [0.2, 0.25) is 0 Å². The van der Waals surface area contributed by atoms with Gasteiger partial charge in [0.05, 0.1) is 0 Å². The molecule has 0 saturated heterocycles. The molecule has 0 fully saturated rings. The molecular weight excluding hydrogens is 206 g/mol. The van der Waals surface area contributed by atoms with Crippen molar-refractivity contribution in [1.82, 2.24) is 5.32 Å². The predicted octanol–water partition coefficient (Wildman–Crippen LogP) is 3.96. The molecule has 2 atom stereocenters. The first-order valence-electron chi connectivity index (χ1n) is 6.65. The highest BCUT2D eigenvalue weighted by Gasteiger charge is 2.21. The van der Waals surface area contributed by atoms with Crippen LogP contribution < -0.4 is 5.32 Å². The van der Waals surface area contributed by atoms with Crippen LogP contribution in [0.3, 0.4) is 0 Å². The summed E-state index contributed by atoms with van der Waals surface area (Å²) < 4.78 is 0. The summed E-state index contributed by atoms with van der Waals surface area (Å²) in [6.07, 6.45) is 3.57. The molecule has 1 aliphatic carbocycles. The van der Waals surface area contributed by atoms with Crippen LogP contribution in [0.1, 0.15) is 51.2 Å². The van der Waals surface area contributed by atoms with E-state index in [4.69, 9.17) is 0 Å². The van der Waals surface area contributed by atoms with Crippen LogP contribution in [0.15, 0.2) is 30.3 Å². The largest absolute Gasteiger partial charge is 0.308 e. The van der Waals surface area contributed by atoms with Crippen LogP contribution >= 0.6 is 0 Å². The van der Waals surface area contributed by atoms with Gasteiger partial charge in [0, 0.05) is 12.1 Å². The molecular formula is C16H23N. The molecule has 1 aromatic carbocycles. The minimum atomic E-state index is 0.434. The fourth-order valence-electron chi connectivity index (χ4n) is 2.73. The Labute approximate surface area is 105 Å². The first-order valence-corrected chi connectivity index (χ1v) is 6.65. The van der Waals surface area contributed by atoms with E-state index in [1.165, 1.54) is 16.7 Å². The number of rotatable bonds is 3. The summed E-state index contributed by atoms with van der Waals surface area (Å²) in [5.41, 5.74) is 4.40. The summed E-state index contributed by atoms with van der Waals surface area (Å²) in [7, 11) is 0. The normalized spacial score (nSPS) is 21.0. The lowest BCUT2D eigenvalue weighted by Gasteiger charge is -2.28. The number of benzene rings is 1. The molecule has 0 aromatic heterocycles. The van der Waals surface area contributed by atoms with Crippen LogP contribution in [0, 0.1) is 0 Å². The fraction of sp³-hybridized carbons (Fsp3) is 0.500. The van der Waals surface area contributed by atoms with Crippen molar-refractivity contribution < 1.29 is 0 Å². The van der Waals surface area contributed by atoms with Gasteiger partial charge in [-0.25, -0.2) is 0 Å². The second-order valence-corrected chi connectivity index (χ2v) is 5.43. The van der Waals surface area contributed by atoms with Gasteiger partial charge in [0.1, 0.15) is 0 Å². The first-order chi connectivity index (χ1) is 8.09. The van der Waals surface area contributed by atoms with Crippen LogP contribution in [0.5, 0.6) is 0 Å². The lowest BCUT2D eigenvalue weighted by Crippen LogP contribution is -2.34. The molecule has 1 N–H and O–H groups in total. The van der Waals surface area contributed by atoms with Crippen LogP contribution in [-0.2, 0) is 0 Å². The van der Waals surface area contributed by atoms with E-state index in [0.717, 1.165) is 6.42 Å². The van der Waals surface area contributed by atoms with Crippen molar-refractivity contribution in [2.24, 2.45) is 0 Å². The topological polar surface area (TPSA) is 12.0 Å². The summed E-state index contributed by atoms with van der Waals surface area (Å²) in [5, 5.41) is 3.60. The molecule has 0 aliphatic heterocycles. The Morgan fingerprint density at radius 2 is 1.88 bits per heavy atom. The summed E-state index contributed by atoms with van der Waals surface area (Å²) in [6.45, 7) is 8.98. The Hall–Kier alpha value is -1.08. The molecule has 0 bridgehead atoms. The zero-order chi connectivity index (χ0) is 12.4. The Balaban J connectivity index is 2.31. The highest BCUT2D eigenvalue weighted by Crippen LogP contribution is 2.35. The fourth-order valence-corrected chi connectivity index (χ4v) is 2.73. The standard InChI is InChI=1S/C16H23N/c1-11(2)17-13(4)15-10-9-12(3)14-7-5-6-8-16(14)15/h5-8,10-13,17H,9H2,1-4H3. The minimum absolute atomic E-state index is 0.434. The lowest BCUT2D eigenvalue weighted by molar-refractivity contribution is 0.554. The Morgan fingerprint density at radius 1 is 1.18 bits per heavy atom. The smallest absolute Gasteiger partial charge is 0.0296 e. The minimum Gasteiger partial charge on any atom is -0.308 e. The van der Waals surface area contributed by atoms with E-state index in [1.54, 1.807) is 0 Å². The van der Waals surface area contributed by atoms with Crippen molar-refractivity contribution in [3.05, 3.63) is 41.5 Å². The van der Waals surface area contributed by atoms with Gasteiger partial charge < -0.3 is 5.32 Å². The summed E-state index contributed by atoms with van der Waals surface area (Å²) >= 11 is 0. The summed E-state index contributed by atoms with van der Waals surface area (Å²) in [5.74, 6) is 0.654. The maximum absolute atomic E-state index is 3.60. The van der Waals surface area contributed by atoms with E-state index < -0.39 is 0 Å². The molecule has 1 heteroatoms. The van der Waals surface area contributed by atoms with Crippen molar-refractivity contribution in [1.29, 1.82) is 0 Å². The van der Waals surface area contributed by atoms with Gasteiger partial charge in [-0.15, -0.1) is 0 Å². The van der Waals surface area contributed by atoms with Crippen molar-refractivity contribution >= 4 is 5.57 Å². The first kappa shape index (κ1) is 12.4. The zero-order valence-corrected chi connectivity index (χ0v) is 11.3. The lowest BCUT2D eigenvalue weighted by atomic mass is 9.82. The van der Waals surface area contributed by atoms with E-state index in [0.29, 0.717) is 18.0 Å². The Morgan fingerprint density at radius 3 is 2.59 bits per heavy atom. The second-order valence-electron chi connectivity index (χ2n) is 5.43. The van der Waals surface area contributed by atoms with Crippen LogP contribution in [0.25, 0.3) is 5.57 Å². The SMILES string of the molecule is CC(C)NC(C)C1=CCC(C)c2ccccc21. The van der Waals surface area contributed by atoms with Gasteiger partial charge in [0.25, 0.3) is 0 Å². The Bertz CT molecular complexity index is 417. The van der Waals surface area contributed by atoms with Crippen molar-refractivity contribution in [2.45, 2.75) is 52.1 Å². The molecule has 0 spiro atoms. The van der Waals surface area contributed by atoms with Gasteiger partial charge >= 0.3 is 0 Å². The highest BCUT2D eigenvalue weighted by molar-refractivity contribution is 5.74. The molecule has 1 aliphatic rings. The maximum atomic E-state index is 3.60. The molecule has 0 heterocycles.